The molecule has 0 rings (SSSR count). The predicted octanol–water partition coefficient (Wildman–Crippen LogP) is 13.7. The molecule has 0 aromatic rings. The van der Waals surface area contributed by atoms with Crippen LogP contribution in [0, 0.1) is 0 Å². The van der Waals surface area contributed by atoms with Crippen molar-refractivity contribution in [1.82, 2.24) is 5.32 Å². The third-order valence-electron chi connectivity index (χ3n) is 9.79. The Morgan fingerprint density at radius 3 is 1.41 bits per heavy atom. The molecule has 332 valence electrons. The quantitative estimate of drug-likeness (QED) is 0.0326. The molecule has 0 spiro atoms. The molecule has 59 heavy (non-hydrogen) atoms. The number of nitrogens with one attached hydrogen (secondary N) is 1. The molecule has 0 saturated carbocycles. The van der Waals surface area contributed by atoms with E-state index < -0.39 is 18.2 Å². The summed E-state index contributed by atoms with van der Waals surface area (Å²) in [6, 6.07) is -0.739. The van der Waals surface area contributed by atoms with Gasteiger partial charge in [0.1, 0.15) is 6.10 Å². The molecule has 0 saturated heterocycles. The summed E-state index contributed by atoms with van der Waals surface area (Å²) in [5, 5.41) is 23.6. The van der Waals surface area contributed by atoms with Crippen molar-refractivity contribution in [3.63, 3.8) is 0 Å². The maximum absolute atomic E-state index is 13.1. The highest BCUT2D eigenvalue weighted by atomic mass is 16.5. The number of carbonyl (C=O) groups is 2. The number of esters is 1. The Bertz CT molecular complexity index is 1280. The Kier molecular flexibility index (Phi) is 42.5. The van der Waals surface area contributed by atoms with Crippen molar-refractivity contribution in [2.45, 2.75) is 193 Å². The van der Waals surface area contributed by atoms with E-state index in [0.29, 0.717) is 19.3 Å². The van der Waals surface area contributed by atoms with Gasteiger partial charge in [0.05, 0.1) is 25.2 Å². The minimum absolute atomic E-state index is 0.00470. The number of allylic oxidation sites excluding steroid dienone is 20. The van der Waals surface area contributed by atoms with Crippen LogP contribution in [-0.2, 0) is 14.3 Å². The number of hydrogen-bond donors (Lipinski definition) is 3. The summed E-state index contributed by atoms with van der Waals surface area (Å²) in [5.74, 6) is -0.610. The third-order valence-corrected chi connectivity index (χ3v) is 9.79. The summed E-state index contributed by atoms with van der Waals surface area (Å²) in [7, 11) is 0. The lowest BCUT2D eigenvalue weighted by Crippen LogP contribution is -2.46. The van der Waals surface area contributed by atoms with E-state index in [0.717, 1.165) is 70.6 Å². The second kappa shape index (κ2) is 45.3. The first kappa shape index (κ1) is 55.3. The Labute approximate surface area is 361 Å². The SMILES string of the molecule is CC\C=C/C=C/C=C/C=C\C=C\C=C\CCCCCC(=O)OC(CCC\C=C/C=C\C=C\C=C\CC)CC(=O)NC(CO)C(O)CCCCCCCCCCCCCC. The van der Waals surface area contributed by atoms with E-state index in [1.54, 1.807) is 0 Å². The van der Waals surface area contributed by atoms with Crippen molar-refractivity contribution in [1.29, 1.82) is 0 Å². The number of rotatable bonds is 39. The number of aliphatic hydroxyl groups is 2. The normalized spacial score (nSPS) is 14.5. The Morgan fingerprint density at radius 2 is 0.932 bits per heavy atom. The van der Waals surface area contributed by atoms with E-state index in [9.17, 15) is 19.8 Å². The maximum atomic E-state index is 13.1. The van der Waals surface area contributed by atoms with Crippen LogP contribution in [0.5, 0.6) is 0 Å². The average molecular weight is 816 g/mol. The van der Waals surface area contributed by atoms with Crippen molar-refractivity contribution in [3.05, 3.63) is 122 Å². The topological polar surface area (TPSA) is 95.9 Å². The lowest BCUT2D eigenvalue weighted by atomic mass is 10.0. The standard InChI is InChI=1S/C53H85NO5/c1-4-7-10-13-16-19-22-24-25-26-27-28-31-34-37-40-43-46-53(58)59-49(44-41-38-35-32-29-21-18-15-12-9-6-3)47-52(57)54-50(48-55)51(56)45-42-39-36-33-30-23-20-17-14-11-8-5-2/h7,9-10,12-13,15-16,18-19,21-22,24-29,31-32,35,49-51,55-56H,4-6,8,11,14,17,20,23,30,33-34,36-48H2,1-3H3,(H,54,57)/b10-7-,12-9+,16-13+,18-15+,22-19+,25-24-,27-26+,29-21-,31-28+,35-32-. The first-order valence-electron chi connectivity index (χ1n) is 23.4. The minimum atomic E-state index is -0.820. The zero-order valence-electron chi connectivity index (χ0n) is 37.6. The van der Waals surface area contributed by atoms with E-state index in [2.05, 4.69) is 50.4 Å². The van der Waals surface area contributed by atoms with Crippen LogP contribution in [0.1, 0.15) is 175 Å². The van der Waals surface area contributed by atoms with Crippen LogP contribution in [0.2, 0.25) is 0 Å². The van der Waals surface area contributed by atoms with E-state index >= 15 is 0 Å². The Hall–Kier alpha value is -3.74. The molecule has 0 aliphatic rings. The molecule has 3 unspecified atom stereocenters. The molecular weight excluding hydrogens is 731 g/mol. The van der Waals surface area contributed by atoms with Crippen LogP contribution in [-0.4, -0.2) is 46.9 Å². The molecule has 0 aliphatic carbocycles. The van der Waals surface area contributed by atoms with Crippen LogP contribution >= 0.6 is 0 Å². The van der Waals surface area contributed by atoms with Crippen LogP contribution in [0.4, 0.5) is 0 Å². The number of carbonyl (C=O) groups excluding carboxylic acids is 2. The molecule has 6 nitrogen and oxygen atoms in total. The lowest BCUT2D eigenvalue weighted by Gasteiger charge is -2.24. The lowest BCUT2D eigenvalue weighted by molar-refractivity contribution is -0.151. The summed E-state index contributed by atoms with van der Waals surface area (Å²) in [5.41, 5.74) is 0. The van der Waals surface area contributed by atoms with Gasteiger partial charge in [-0.25, -0.2) is 0 Å². The van der Waals surface area contributed by atoms with Gasteiger partial charge >= 0.3 is 5.97 Å². The average Bonchev–Trinajstić information content (AvgIpc) is 3.23. The van der Waals surface area contributed by atoms with Crippen molar-refractivity contribution >= 4 is 11.9 Å². The zero-order valence-corrected chi connectivity index (χ0v) is 37.6. The second-order valence-corrected chi connectivity index (χ2v) is 15.3. The second-order valence-electron chi connectivity index (χ2n) is 15.3. The summed E-state index contributed by atoms with van der Waals surface area (Å²) >= 11 is 0. The highest BCUT2D eigenvalue weighted by Gasteiger charge is 2.24. The van der Waals surface area contributed by atoms with E-state index in [1.165, 1.54) is 57.8 Å². The number of hydrogen-bond acceptors (Lipinski definition) is 5. The smallest absolute Gasteiger partial charge is 0.306 e. The summed E-state index contributed by atoms with van der Waals surface area (Å²) in [4.78, 5) is 26.0. The fraction of sp³-hybridized carbons (Fsp3) is 0.585. The third kappa shape index (κ3) is 40.8. The molecule has 0 heterocycles. The fourth-order valence-corrected chi connectivity index (χ4v) is 6.30. The molecule has 3 atom stereocenters. The first-order valence-corrected chi connectivity index (χ1v) is 23.4. The van der Waals surface area contributed by atoms with Crippen molar-refractivity contribution in [2.75, 3.05) is 6.61 Å². The predicted molar refractivity (Wildman–Crippen MR) is 254 cm³/mol. The van der Waals surface area contributed by atoms with Gasteiger partial charge in [0.15, 0.2) is 0 Å². The molecule has 0 aromatic carbocycles. The van der Waals surface area contributed by atoms with E-state index in [4.69, 9.17) is 4.74 Å². The van der Waals surface area contributed by atoms with Gasteiger partial charge < -0.3 is 20.3 Å². The zero-order chi connectivity index (χ0) is 43.1. The highest BCUT2D eigenvalue weighted by molar-refractivity contribution is 5.77. The number of aliphatic hydroxyl groups excluding tert-OH is 2. The number of ether oxygens (including phenoxy) is 1. The summed E-state index contributed by atoms with van der Waals surface area (Å²) in [6.07, 6.45) is 62.6. The van der Waals surface area contributed by atoms with Gasteiger partial charge in [-0.05, 0) is 57.8 Å². The number of amides is 1. The molecule has 0 radical (unpaired) electrons. The van der Waals surface area contributed by atoms with Crippen LogP contribution in [0.25, 0.3) is 0 Å². The Balaban J connectivity index is 4.77. The van der Waals surface area contributed by atoms with Gasteiger partial charge in [0.2, 0.25) is 5.91 Å². The van der Waals surface area contributed by atoms with Crippen LogP contribution in [0.3, 0.4) is 0 Å². The van der Waals surface area contributed by atoms with Gasteiger partial charge in [-0.3, -0.25) is 9.59 Å². The van der Waals surface area contributed by atoms with Crippen molar-refractivity contribution < 1.29 is 24.5 Å². The molecule has 0 bridgehead atoms. The molecular formula is C53H85NO5. The molecule has 6 heteroatoms. The summed E-state index contributed by atoms with van der Waals surface area (Å²) < 4.78 is 5.85. The maximum Gasteiger partial charge on any atom is 0.306 e. The molecule has 0 aromatic heterocycles. The van der Waals surface area contributed by atoms with Gasteiger partial charge in [0.25, 0.3) is 0 Å². The fourth-order valence-electron chi connectivity index (χ4n) is 6.30. The van der Waals surface area contributed by atoms with Crippen LogP contribution < -0.4 is 5.32 Å². The number of unbranched alkanes of at least 4 members (excludes halogenated alkanes) is 15. The molecule has 3 N–H and O–H groups in total. The van der Waals surface area contributed by atoms with Gasteiger partial charge in [-0.2, -0.15) is 0 Å². The molecule has 0 aliphatic heterocycles. The van der Waals surface area contributed by atoms with Gasteiger partial charge in [0, 0.05) is 6.42 Å². The van der Waals surface area contributed by atoms with Gasteiger partial charge in [-0.1, -0.05) is 226 Å². The Morgan fingerprint density at radius 1 is 0.508 bits per heavy atom. The summed E-state index contributed by atoms with van der Waals surface area (Å²) in [6.45, 7) is 6.13. The first-order chi connectivity index (χ1) is 29.0. The monoisotopic (exact) mass is 816 g/mol. The highest BCUT2D eigenvalue weighted by Crippen LogP contribution is 2.16. The van der Waals surface area contributed by atoms with E-state index in [-0.39, 0.29) is 24.9 Å². The van der Waals surface area contributed by atoms with Crippen LogP contribution in [0.15, 0.2) is 122 Å². The van der Waals surface area contributed by atoms with Gasteiger partial charge in [-0.15, -0.1) is 0 Å². The largest absolute Gasteiger partial charge is 0.462 e. The minimum Gasteiger partial charge on any atom is -0.462 e. The molecule has 1 amide bonds. The molecule has 0 fully saturated rings. The van der Waals surface area contributed by atoms with Crippen molar-refractivity contribution in [3.8, 4) is 0 Å². The van der Waals surface area contributed by atoms with Crippen molar-refractivity contribution in [2.24, 2.45) is 0 Å². The van der Waals surface area contributed by atoms with E-state index in [1.807, 2.05) is 97.2 Å².